The maximum atomic E-state index is 13.3. The zero-order valence-corrected chi connectivity index (χ0v) is 10.3. The molecule has 1 rings (SSSR count). The lowest BCUT2D eigenvalue weighted by molar-refractivity contribution is -0.119. The highest BCUT2D eigenvalue weighted by Crippen LogP contribution is 2.13. The molecule has 0 amide bonds. The first-order chi connectivity index (χ1) is 8.56. The van der Waals surface area contributed by atoms with Gasteiger partial charge in [0, 0.05) is 20.1 Å². The number of methoxy groups -OCH3 is 1. The van der Waals surface area contributed by atoms with E-state index in [9.17, 15) is 13.6 Å². The van der Waals surface area contributed by atoms with E-state index < -0.39 is 17.7 Å². The summed E-state index contributed by atoms with van der Waals surface area (Å²) in [5.74, 6) is -2.22. The molecule has 0 aromatic heterocycles. The van der Waals surface area contributed by atoms with E-state index >= 15 is 0 Å². The van der Waals surface area contributed by atoms with E-state index in [4.69, 9.17) is 10.5 Å². The van der Waals surface area contributed by atoms with Crippen molar-refractivity contribution in [1.29, 1.82) is 0 Å². The Morgan fingerprint density at radius 2 is 2.17 bits per heavy atom. The lowest BCUT2D eigenvalue weighted by Crippen LogP contribution is -2.32. The topological polar surface area (TPSA) is 52.3 Å². The molecule has 2 N–H and O–H groups in total. The van der Waals surface area contributed by atoms with Crippen LogP contribution in [0.5, 0.6) is 0 Å². The Hall–Kier alpha value is -1.33. The van der Waals surface area contributed by atoms with Crippen LogP contribution in [0.4, 0.5) is 8.78 Å². The summed E-state index contributed by atoms with van der Waals surface area (Å²) in [5.41, 5.74) is 5.72. The van der Waals surface area contributed by atoms with Crippen molar-refractivity contribution >= 4 is 5.78 Å². The van der Waals surface area contributed by atoms with E-state index in [-0.39, 0.29) is 17.8 Å². The quantitative estimate of drug-likeness (QED) is 0.758. The lowest BCUT2D eigenvalue weighted by atomic mass is 10.0. The minimum absolute atomic E-state index is 0.0437. The highest BCUT2D eigenvalue weighted by Gasteiger charge is 2.17. The van der Waals surface area contributed by atoms with Gasteiger partial charge in [-0.25, -0.2) is 8.78 Å². The predicted molar refractivity (Wildman–Crippen MR) is 64.2 cm³/mol. The highest BCUT2D eigenvalue weighted by atomic mass is 19.2. The van der Waals surface area contributed by atoms with E-state index in [0.717, 1.165) is 6.07 Å². The SMILES string of the molecule is COCCCC(N)C(=O)Cc1cccc(F)c1F. The number of rotatable bonds is 7. The van der Waals surface area contributed by atoms with Crippen LogP contribution in [0.2, 0.25) is 0 Å². The summed E-state index contributed by atoms with van der Waals surface area (Å²) < 4.78 is 31.1. The predicted octanol–water partition coefficient (Wildman–Crippen LogP) is 1.83. The van der Waals surface area contributed by atoms with Gasteiger partial charge >= 0.3 is 0 Å². The Labute approximate surface area is 105 Å². The monoisotopic (exact) mass is 257 g/mol. The van der Waals surface area contributed by atoms with Gasteiger partial charge in [0.2, 0.25) is 0 Å². The molecule has 1 aromatic carbocycles. The van der Waals surface area contributed by atoms with Crippen LogP contribution in [0, 0.1) is 11.6 Å². The second-order valence-corrected chi connectivity index (χ2v) is 4.10. The molecule has 1 unspecified atom stereocenters. The van der Waals surface area contributed by atoms with Crippen molar-refractivity contribution < 1.29 is 18.3 Å². The summed E-state index contributed by atoms with van der Waals surface area (Å²) in [5, 5.41) is 0. The van der Waals surface area contributed by atoms with E-state index in [1.165, 1.54) is 12.1 Å². The van der Waals surface area contributed by atoms with Crippen LogP contribution in [-0.2, 0) is 16.0 Å². The van der Waals surface area contributed by atoms with Gasteiger partial charge < -0.3 is 10.5 Å². The summed E-state index contributed by atoms with van der Waals surface area (Å²) >= 11 is 0. The summed E-state index contributed by atoms with van der Waals surface area (Å²) in [7, 11) is 1.56. The molecule has 3 nitrogen and oxygen atoms in total. The van der Waals surface area contributed by atoms with Gasteiger partial charge in [0.05, 0.1) is 6.04 Å². The summed E-state index contributed by atoms with van der Waals surface area (Å²) in [6.45, 7) is 0.523. The van der Waals surface area contributed by atoms with Gasteiger partial charge in [0.1, 0.15) is 0 Å². The van der Waals surface area contributed by atoms with Crippen LogP contribution < -0.4 is 5.73 Å². The molecule has 1 aromatic rings. The van der Waals surface area contributed by atoms with Crippen molar-refractivity contribution in [2.45, 2.75) is 25.3 Å². The molecule has 0 radical (unpaired) electrons. The Morgan fingerprint density at radius 3 is 2.83 bits per heavy atom. The van der Waals surface area contributed by atoms with Crippen LogP contribution in [0.3, 0.4) is 0 Å². The number of hydrogen-bond donors (Lipinski definition) is 1. The molecule has 0 aliphatic heterocycles. The molecule has 0 bridgehead atoms. The molecule has 5 heteroatoms. The molecule has 0 spiro atoms. The van der Waals surface area contributed by atoms with Crippen LogP contribution in [0.25, 0.3) is 0 Å². The Bertz CT molecular complexity index is 410. The zero-order chi connectivity index (χ0) is 13.5. The molecule has 0 heterocycles. The largest absolute Gasteiger partial charge is 0.385 e. The molecule has 0 aliphatic carbocycles. The number of ketones is 1. The minimum atomic E-state index is -0.977. The number of halogens is 2. The second-order valence-electron chi connectivity index (χ2n) is 4.10. The molecular weight excluding hydrogens is 240 g/mol. The van der Waals surface area contributed by atoms with Crippen LogP contribution >= 0.6 is 0 Å². The van der Waals surface area contributed by atoms with E-state index in [1.54, 1.807) is 7.11 Å². The normalized spacial score (nSPS) is 12.4. The number of carbonyl (C=O) groups excluding carboxylic acids is 1. The summed E-state index contributed by atoms with van der Waals surface area (Å²) in [4.78, 5) is 11.7. The molecule has 1 atom stereocenters. The van der Waals surface area contributed by atoms with Gasteiger partial charge in [-0.1, -0.05) is 12.1 Å². The fourth-order valence-corrected chi connectivity index (χ4v) is 1.61. The van der Waals surface area contributed by atoms with Gasteiger partial charge in [-0.3, -0.25) is 4.79 Å². The Balaban J connectivity index is 2.56. The minimum Gasteiger partial charge on any atom is -0.385 e. The summed E-state index contributed by atoms with van der Waals surface area (Å²) in [6, 6.07) is 3.11. The first-order valence-electron chi connectivity index (χ1n) is 5.76. The van der Waals surface area contributed by atoms with Crippen LogP contribution in [0.15, 0.2) is 18.2 Å². The molecule has 0 fully saturated rings. The maximum absolute atomic E-state index is 13.3. The van der Waals surface area contributed by atoms with E-state index in [2.05, 4.69) is 0 Å². The molecule has 100 valence electrons. The third-order valence-corrected chi connectivity index (χ3v) is 2.67. The Morgan fingerprint density at radius 1 is 1.44 bits per heavy atom. The number of benzene rings is 1. The number of carbonyl (C=O) groups is 1. The molecule has 0 aliphatic rings. The van der Waals surface area contributed by atoms with Gasteiger partial charge in [0.15, 0.2) is 17.4 Å². The van der Waals surface area contributed by atoms with Crippen molar-refractivity contribution in [3.63, 3.8) is 0 Å². The molecule has 0 saturated heterocycles. The zero-order valence-electron chi connectivity index (χ0n) is 10.3. The van der Waals surface area contributed by atoms with Crippen molar-refractivity contribution in [2.75, 3.05) is 13.7 Å². The fraction of sp³-hybridized carbons (Fsp3) is 0.462. The number of ether oxygens (including phenoxy) is 1. The van der Waals surface area contributed by atoms with Crippen molar-refractivity contribution in [3.8, 4) is 0 Å². The average Bonchev–Trinajstić information content (AvgIpc) is 2.35. The first-order valence-corrected chi connectivity index (χ1v) is 5.76. The number of nitrogens with two attached hydrogens (primary N) is 1. The smallest absolute Gasteiger partial charge is 0.162 e. The molecule has 0 saturated carbocycles. The second kappa shape index (κ2) is 7.18. The third-order valence-electron chi connectivity index (χ3n) is 2.67. The first kappa shape index (κ1) is 14.7. The van der Waals surface area contributed by atoms with Crippen molar-refractivity contribution in [3.05, 3.63) is 35.4 Å². The van der Waals surface area contributed by atoms with Gasteiger partial charge in [-0.05, 0) is 24.5 Å². The highest BCUT2D eigenvalue weighted by molar-refractivity contribution is 5.85. The van der Waals surface area contributed by atoms with E-state index in [0.29, 0.717) is 19.4 Å². The van der Waals surface area contributed by atoms with Crippen molar-refractivity contribution in [2.24, 2.45) is 5.73 Å². The molecular formula is C13H17F2NO2. The van der Waals surface area contributed by atoms with Gasteiger partial charge in [-0.15, -0.1) is 0 Å². The van der Waals surface area contributed by atoms with Crippen LogP contribution in [0.1, 0.15) is 18.4 Å². The Kier molecular flexibility index (Phi) is 5.88. The van der Waals surface area contributed by atoms with Crippen molar-refractivity contribution in [1.82, 2.24) is 0 Å². The lowest BCUT2D eigenvalue weighted by Gasteiger charge is -2.10. The van der Waals surface area contributed by atoms with E-state index in [1.807, 2.05) is 0 Å². The molecule has 18 heavy (non-hydrogen) atoms. The standard InChI is InChI=1S/C13H17F2NO2/c1-18-7-3-6-11(16)12(17)8-9-4-2-5-10(14)13(9)15/h2,4-5,11H,3,6-8,16H2,1H3. The van der Waals surface area contributed by atoms with Gasteiger partial charge in [0.25, 0.3) is 0 Å². The average molecular weight is 257 g/mol. The third kappa shape index (κ3) is 4.16. The summed E-state index contributed by atoms with van der Waals surface area (Å²) in [6.07, 6.45) is 0.955. The maximum Gasteiger partial charge on any atom is 0.162 e. The van der Waals surface area contributed by atoms with Gasteiger partial charge in [-0.2, -0.15) is 0 Å². The fourth-order valence-electron chi connectivity index (χ4n) is 1.61. The van der Waals surface area contributed by atoms with Crippen LogP contribution in [-0.4, -0.2) is 25.5 Å². The number of Topliss-reactive ketones (excluding diaryl/α,β-unsaturated/α-hetero) is 1. The number of hydrogen-bond acceptors (Lipinski definition) is 3.